The Labute approximate surface area is 137 Å². The minimum atomic E-state index is -0.504. The molecule has 0 radical (unpaired) electrons. The molecule has 0 aliphatic heterocycles. The highest BCUT2D eigenvalue weighted by molar-refractivity contribution is 9.10. The van der Waals surface area contributed by atoms with Crippen LogP contribution in [-0.4, -0.2) is 25.9 Å². The van der Waals surface area contributed by atoms with Crippen molar-refractivity contribution in [2.24, 2.45) is 0 Å². The third-order valence-electron chi connectivity index (χ3n) is 3.03. The molecule has 2 rings (SSSR count). The van der Waals surface area contributed by atoms with E-state index in [9.17, 15) is 4.79 Å². The molecule has 116 valence electrons. The van der Waals surface area contributed by atoms with Crippen LogP contribution in [0.1, 0.15) is 53.2 Å². The molecule has 0 fully saturated rings. The lowest BCUT2D eigenvalue weighted by atomic mass is 10.2. The number of carbonyl (C=O) groups excluding carboxylic acids is 1. The van der Waals surface area contributed by atoms with E-state index in [1.165, 1.54) is 0 Å². The van der Waals surface area contributed by atoms with Gasteiger partial charge in [-0.15, -0.1) is 0 Å². The number of carbonyl (C=O) groups is 1. The first kappa shape index (κ1) is 16.5. The number of esters is 1. The van der Waals surface area contributed by atoms with Gasteiger partial charge in [-0.05, 0) is 29.8 Å². The molecular weight excluding hydrogens is 348 g/mol. The van der Waals surface area contributed by atoms with E-state index in [0.717, 1.165) is 11.3 Å². The lowest BCUT2D eigenvalue weighted by Crippen LogP contribution is -2.12. The molecule has 2 heterocycles. The summed E-state index contributed by atoms with van der Waals surface area (Å²) in [5.74, 6) is 0.918. The Morgan fingerprint density at radius 2 is 1.95 bits per heavy atom. The summed E-state index contributed by atoms with van der Waals surface area (Å²) in [5.41, 5.74) is 1.79. The molecule has 0 unspecified atom stereocenters. The summed E-state index contributed by atoms with van der Waals surface area (Å²) in [4.78, 5) is 29.0. The molecule has 2 aromatic rings. The lowest BCUT2D eigenvalue weighted by molar-refractivity contribution is 0.0462. The Bertz CT molecular complexity index is 704. The second kappa shape index (κ2) is 6.91. The second-order valence-electron chi connectivity index (χ2n) is 5.18. The minimum Gasteiger partial charge on any atom is -0.456 e. The van der Waals surface area contributed by atoms with Crippen LogP contribution >= 0.6 is 15.9 Å². The van der Waals surface area contributed by atoms with E-state index in [4.69, 9.17) is 4.74 Å². The van der Waals surface area contributed by atoms with Gasteiger partial charge in [-0.2, -0.15) is 0 Å². The average molecular weight is 365 g/mol. The van der Waals surface area contributed by atoms with Crippen molar-refractivity contribution in [1.82, 2.24) is 19.9 Å². The number of nitrogens with zero attached hydrogens (tertiary/aromatic N) is 4. The van der Waals surface area contributed by atoms with Gasteiger partial charge in [0, 0.05) is 29.6 Å². The molecule has 0 aliphatic carbocycles. The predicted molar refractivity (Wildman–Crippen MR) is 84.4 cm³/mol. The van der Waals surface area contributed by atoms with Gasteiger partial charge >= 0.3 is 5.97 Å². The average Bonchev–Trinajstić information content (AvgIpc) is 2.46. The fourth-order valence-electron chi connectivity index (χ4n) is 1.76. The van der Waals surface area contributed by atoms with Gasteiger partial charge in [0.2, 0.25) is 0 Å². The largest absolute Gasteiger partial charge is 0.456 e. The van der Waals surface area contributed by atoms with Gasteiger partial charge in [0.15, 0.2) is 5.69 Å². The molecule has 0 N–H and O–H groups in total. The zero-order chi connectivity index (χ0) is 16.3. The summed E-state index contributed by atoms with van der Waals surface area (Å²) in [6, 6.07) is 0. The zero-order valence-corrected chi connectivity index (χ0v) is 14.5. The van der Waals surface area contributed by atoms with Crippen molar-refractivity contribution in [1.29, 1.82) is 0 Å². The summed E-state index contributed by atoms with van der Waals surface area (Å²) in [7, 11) is 0. The number of halogens is 1. The number of hydrogen-bond donors (Lipinski definition) is 0. The lowest BCUT2D eigenvalue weighted by Gasteiger charge is -2.09. The maximum atomic E-state index is 12.2. The number of rotatable bonds is 4. The summed E-state index contributed by atoms with van der Waals surface area (Å²) < 4.78 is 5.82. The third kappa shape index (κ3) is 3.85. The van der Waals surface area contributed by atoms with Gasteiger partial charge in [-0.3, -0.25) is 0 Å². The van der Waals surface area contributed by atoms with Crippen LogP contribution in [0.15, 0.2) is 16.9 Å². The Balaban J connectivity index is 2.14. The zero-order valence-electron chi connectivity index (χ0n) is 12.9. The quantitative estimate of drug-likeness (QED) is 0.775. The summed E-state index contributed by atoms with van der Waals surface area (Å²) in [5, 5.41) is 0. The molecule has 0 bridgehead atoms. The van der Waals surface area contributed by atoms with Crippen LogP contribution in [-0.2, 0) is 11.3 Å². The molecule has 0 aliphatic rings. The molecule has 0 amide bonds. The Kier molecular flexibility index (Phi) is 5.18. The van der Waals surface area contributed by atoms with Crippen molar-refractivity contribution in [2.45, 2.75) is 40.2 Å². The standard InChI is InChI=1S/C15H17BrN4O2/c1-8(2)14-18-6-12(16)13(20-14)15(21)22-7-11-5-17-10(4)19-9(11)3/h5-6,8H,7H2,1-4H3. The Morgan fingerprint density at radius 3 is 2.59 bits per heavy atom. The highest BCUT2D eigenvalue weighted by Crippen LogP contribution is 2.18. The topological polar surface area (TPSA) is 77.9 Å². The molecule has 0 saturated heterocycles. The van der Waals surface area contributed by atoms with Crippen molar-refractivity contribution in [3.8, 4) is 0 Å². The van der Waals surface area contributed by atoms with Crippen molar-refractivity contribution in [2.75, 3.05) is 0 Å². The molecule has 2 aromatic heterocycles. The molecule has 0 saturated carbocycles. The van der Waals surface area contributed by atoms with E-state index in [-0.39, 0.29) is 18.2 Å². The highest BCUT2D eigenvalue weighted by atomic mass is 79.9. The van der Waals surface area contributed by atoms with E-state index >= 15 is 0 Å². The fourth-order valence-corrected chi connectivity index (χ4v) is 2.12. The van der Waals surface area contributed by atoms with Crippen LogP contribution in [0, 0.1) is 13.8 Å². The third-order valence-corrected chi connectivity index (χ3v) is 3.61. The van der Waals surface area contributed by atoms with E-state index in [0.29, 0.717) is 16.1 Å². The number of aromatic nitrogens is 4. The molecule has 0 spiro atoms. The van der Waals surface area contributed by atoms with Crippen molar-refractivity contribution < 1.29 is 9.53 Å². The second-order valence-corrected chi connectivity index (χ2v) is 6.04. The molecule has 22 heavy (non-hydrogen) atoms. The van der Waals surface area contributed by atoms with Gasteiger partial charge in [0.05, 0.1) is 4.47 Å². The van der Waals surface area contributed by atoms with Crippen LogP contribution in [0.3, 0.4) is 0 Å². The molecule has 0 aromatic carbocycles. The van der Waals surface area contributed by atoms with Gasteiger partial charge in [-0.25, -0.2) is 24.7 Å². The number of ether oxygens (including phenoxy) is 1. The number of aryl methyl sites for hydroxylation is 2. The number of hydrogen-bond acceptors (Lipinski definition) is 6. The summed E-state index contributed by atoms with van der Waals surface area (Å²) in [6.45, 7) is 7.71. The van der Waals surface area contributed by atoms with E-state index < -0.39 is 5.97 Å². The van der Waals surface area contributed by atoms with Gasteiger partial charge in [0.25, 0.3) is 0 Å². The van der Waals surface area contributed by atoms with Crippen molar-refractivity contribution in [3.05, 3.63) is 45.5 Å². The summed E-state index contributed by atoms with van der Waals surface area (Å²) in [6.07, 6.45) is 3.23. The monoisotopic (exact) mass is 364 g/mol. The van der Waals surface area contributed by atoms with Gasteiger partial charge < -0.3 is 4.74 Å². The van der Waals surface area contributed by atoms with Crippen LogP contribution in [0.4, 0.5) is 0 Å². The maximum Gasteiger partial charge on any atom is 0.358 e. The highest BCUT2D eigenvalue weighted by Gasteiger charge is 2.17. The van der Waals surface area contributed by atoms with E-state index in [2.05, 4.69) is 35.9 Å². The SMILES string of the molecule is Cc1ncc(COC(=O)c2nc(C(C)C)ncc2Br)c(C)n1. The van der Waals surface area contributed by atoms with Gasteiger partial charge in [0.1, 0.15) is 18.3 Å². The fraction of sp³-hybridized carbons (Fsp3) is 0.400. The van der Waals surface area contributed by atoms with Crippen molar-refractivity contribution in [3.63, 3.8) is 0 Å². The van der Waals surface area contributed by atoms with Crippen LogP contribution in [0.5, 0.6) is 0 Å². The normalized spacial score (nSPS) is 10.8. The van der Waals surface area contributed by atoms with Crippen molar-refractivity contribution >= 4 is 21.9 Å². The summed E-state index contributed by atoms with van der Waals surface area (Å²) >= 11 is 3.28. The minimum absolute atomic E-state index is 0.110. The molecule has 0 atom stereocenters. The molecular formula is C15H17BrN4O2. The first-order chi connectivity index (χ1) is 10.4. The maximum absolute atomic E-state index is 12.2. The van der Waals surface area contributed by atoms with Crippen LogP contribution in [0.2, 0.25) is 0 Å². The Morgan fingerprint density at radius 1 is 1.23 bits per heavy atom. The first-order valence-corrected chi connectivity index (χ1v) is 7.66. The van der Waals surface area contributed by atoms with Crippen LogP contribution in [0.25, 0.3) is 0 Å². The molecule has 7 heteroatoms. The van der Waals surface area contributed by atoms with Gasteiger partial charge in [-0.1, -0.05) is 13.8 Å². The van der Waals surface area contributed by atoms with E-state index in [1.54, 1.807) is 12.4 Å². The van der Waals surface area contributed by atoms with E-state index in [1.807, 2.05) is 27.7 Å². The first-order valence-electron chi connectivity index (χ1n) is 6.87. The molecule has 6 nitrogen and oxygen atoms in total. The smallest absolute Gasteiger partial charge is 0.358 e. The Hall–Kier alpha value is -1.89. The van der Waals surface area contributed by atoms with Crippen LogP contribution < -0.4 is 0 Å². The predicted octanol–water partition coefficient (Wildman–Crippen LogP) is 3.13.